The molecule has 1 aromatic heterocycles. The summed E-state index contributed by atoms with van der Waals surface area (Å²) in [5, 5.41) is 2.68. The SMILES string of the molecule is Cc1cn(CCOc2ccccc2)c(=O)nc1NC(=O)c1ccccc1. The summed E-state index contributed by atoms with van der Waals surface area (Å²) >= 11 is 0. The van der Waals surface area contributed by atoms with Gasteiger partial charge in [-0.25, -0.2) is 4.79 Å². The average molecular weight is 349 g/mol. The van der Waals surface area contributed by atoms with Crippen LogP contribution in [0.25, 0.3) is 0 Å². The van der Waals surface area contributed by atoms with E-state index in [9.17, 15) is 9.59 Å². The summed E-state index contributed by atoms with van der Waals surface area (Å²) in [7, 11) is 0. The van der Waals surface area contributed by atoms with Crippen molar-refractivity contribution in [2.24, 2.45) is 0 Å². The van der Waals surface area contributed by atoms with Gasteiger partial charge in [-0.3, -0.25) is 9.36 Å². The zero-order valence-electron chi connectivity index (χ0n) is 14.4. The number of hydrogen-bond donors (Lipinski definition) is 1. The van der Waals surface area contributed by atoms with Crippen molar-refractivity contribution in [2.75, 3.05) is 11.9 Å². The van der Waals surface area contributed by atoms with Crippen LogP contribution in [0.4, 0.5) is 5.82 Å². The first-order chi connectivity index (χ1) is 12.6. The van der Waals surface area contributed by atoms with Gasteiger partial charge in [0.05, 0.1) is 6.54 Å². The molecule has 1 heterocycles. The topological polar surface area (TPSA) is 73.2 Å². The second kappa shape index (κ2) is 8.11. The van der Waals surface area contributed by atoms with Crippen LogP contribution >= 0.6 is 0 Å². The van der Waals surface area contributed by atoms with E-state index in [0.717, 1.165) is 5.75 Å². The normalized spacial score (nSPS) is 10.3. The Morgan fingerprint density at radius 1 is 1.08 bits per heavy atom. The molecule has 0 saturated carbocycles. The van der Waals surface area contributed by atoms with Gasteiger partial charge in [0.1, 0.15) is 18.2 Å². The monoisotopic (exact) mass is 349 g/mol. The van der Waals surface area contributed by atoms with E-state index < -0.39 is 5.69 Å². The Hall–Kier alpha value is -3.41. The minimum atomic E-state index is -0.435. The van der Waals surface area contributed by atoms with Crippen LogP contribution in [0, 0.1) is 6.92 Å². The average Bonchev–Trinajstić information content (AvgIpc) is 2.67. The summed E-state index contributed by atoms with van der Waals surface area (Å²) in [4.78, 5) is 28.4. The third-order valence-electron chi connectivity index (χ3n) is 3.79. The number of nitrogens with zero attached hydrogens (tertiary/aromatic N) is 2. The van der Waals surface area contributed by atoms with Crippen molar-refractivity contribution in [3.63, 3.8) is 0 Å². The lowest BCUT2D eigenvalue weighted by atomic mass is 10.2. The van der Waals surface area contributed by atoms with Gasteiger partial charge in [-0.05, 0) is 31.2 Å². The molecule has 3 aromatic rings. The predicted octanol–water partition coefficient (Wildman–Crippen LogP) is 2.88. The lowest BCUT2D eigenvalue weighted by Crippen LogP contribution is -2.28. The third kappa shape index (κ3) is 4.36. The minimum absolute atomic E-state index is 0.268. The number of hydrogen-bond acceptors (Lipinski definition) is 4. The maximum absolute atomic E-state index is 12.2. The molecule has 0 unspecified atom stereocenters. The van der Waals surface area contributed by atoms with E-state index in [1.54, 1.807) is 37.4 Å². The summed E-state index contributed by atoms with van der Waals surface area (Å²) in [5.41, 5.74) is 0.776. The molecule has 0 radical (unpaired) electrons. The van der Waals surface area contributed by atoms with Crippen LogP contribution in [0.2, 0.25) is 0 Å². The molecule has 0 fully saturated rings. The number of ether oxygens (including phenoxy) is 1. The second-order valence-electron chi connectivity index (χ2n) is 5.73. The first-order valence-corrected chi connectivity index (χ1v) is 8.26. The summed E-state index contributed by atoms with van der Waals surface area (Å²) in [6.45, 7) is 2.51. The fourth-order valence-electron chi connectivity index (χ4n) is 2.43. The van der Waals surface area contributed by atoms with Crippen molar-refractivity contribution in [1.29, 1.82) is 0 Å². The predicted molar refractivity (Wildman–Crippen MR) is 99.6 cm³/mol. The van der Waals surface area contributed by atoms with Crippen LogP contribution in [0.5, 0.6) is 5.75 Å². The fraction of sp³-hybridized carbons (Fsp3) is 0.150. The van der Waals surface area contributed by atoms with Crippen LogP contribution in [-0.2, 0) is 6.54 Å². The first-order valence-electron chi connectivity index (χ1n) is 8.26. The molecule has 3 rings (SSSR count). The Morgan fingerprint density at radius 2 is 1.73 bits per heavy atom. The van der Waals surface area contributed by atoms with Gasteiger partial charge in [-0.1, -0.05) is 36.4 Å². The highest BCUT2D eigenvalue weighted by Gasteiger charge is 2.10. The van der Waals surface area contributed by atoms with Gasteiger partial charge >= 0.3 is 5.69 Å². The van der Waals surface area contributed by atoms with E-state index in [4.69, 9.17) is 4.74 Å². The summed E-state index contributed by atoms with van der Waals surface area (Å²) in [5.74, 6) is 0.715. The smallest absolute Gasteiger partial charge is 0.349 e. The summed E-state index contributed by atoms with van der Waals surface area (Å²) < 4.78 is 7.07. The van der Waals surface area contributed by atoms with Crippen LogP contribution in [0.1, 0.15) is 15.9 Å². The molecule has 6 nitrogen and oxygen atoms in total. The number of benzene rings is 2. The zero-order valence-corrected chi connectivity index (χ0v) is 14.4. The highest BCUT2D eigenvalue weighted by Crippen LogP contribution is 2.11. The van der Waals surface area contributed by atoms with Crippen molar-refractivity contribution < 1.29 is 9.53 Å². The van der Waals surface area contributed by atoms with E-state index >= 15 is 0 Å². The number of rotatable bonds is 6. The maximum Gasteiger partial charge on any atom is 0.349 e. The van der Waals surface area contributed by atoms with Crippen molar-refractivity contribution in [3.05, 3.63) is 88.5 Å². The highest BCUT2D eigenvalue weighted by atomic mass is 16.5. The summed E-state index contributed by atoms with van der Waals surface area (Å²) in [6.07, 6.45) is 1.67. The van der Waals surface area contributed by atoms with E-state index in [2.05, 4.69) is 10.3 Å². The second-order valence-corrected chi connectivity index (χ2v) is 5.73. The lowest BCUT2D eigenvalue weighted by Gasteiger charge is -2.11. The number of amides is 1. The van der Waals surface area contributed by atoms with Crippen molar-refractivity contribution >= 4 is 11.7 Å². The number of para-hydroxylation sites is 1. The molecule has 132 valence electrons. The standard InChI is InChI=1S/C20H19N3O3/c1-15-14-23(12-13-26-17-10-6-3-7-11-17)20(25)22-18(15)21-19(24)16-8-4-2-5-9-16/h2-11,14H,12-13H2,1H3,(H,21,22,24,25). The zero-order chi connectivity index (χ0) is 18.4. The molecule has 1 amide bonds. The molecular weight excluding hydrogens is 330 g/mol. The van der Waals surface area contributed by atoms with E-state index in [1.165, 1.54) is 4.57 Å². The van der Waals surface area contributed by atoms with E-state index in [0.29, 0.717) is 24.3 Å². The Balaban J connectivity index is 1.66. The molecule has 0 bridgehead atoms. The molecule has 0 saturated heterocycles. The molecule has 0 aliphatic rings. The van der Waals surface area contributed by atoms with Gasteiger partial charge in [0, 0.05) is 17.3 Å². The number of aromatic nitrogens is 2. The van der Waals surface area contributed by atoms with Crippen molar-refractivity contribution in [2.45, 2.75) is 13.5 Å². The Morgan fingerprint density at radius 3 is 2.42 bits per heavy atom. The van der Waals surface area contributed by atoms with E-state index in [1.807, 2.05) is 36.4 Å². The lowest BCUT2D eigenvalue weighted by molar-refractivity contribution is 0.102. The van der Waals surface area contributed by atoms with Crippen LogP contribution in [-0.4, -0.2) is 22.1 Å². The van der Waals surface area contributed by atoms with Gasteiger partial charge in [-0.15, -0.1) is 0 Å². The molecule has 0 atom stereocenters. The van der Waals surface area contributed by atoms with Crippen molar-refractivity contribution in [3.8, 4) is 5.75 Å². The maximum atomic E-state index is 12.2. The van der Waals surface area contributed by atoms with Crippen LogP contribution in [0.15, 0.2) is 71.7 Å². The fourth-order valence-corrected chi connectivity index (χ4v) is 2.43. The molecule has 6 heteroatoms. The van der Waals surface area contributed by atoms with Gasteiger partial charge in [0.25, 0.3) is 5.91 Å². The Kier molecular flexibility index (Phi) is 5.43. The Bertz CT molecular complexity index is 938. The number of nitrogens with one attached hydrogen (secondary N) is 1. The number of aryl methyl sites for hydroxylation is 1. The highest BCUT2D eigenvalue weighted by molar-refractivity contribution is 6.03. The molecule has 0 aliphatic heterocycles. The van der Waals surface area contributed by atoms with Gasteiger partial charge in [0.2, 0.25) is 0 Å². The Labute approximate surface area is 151 Å². The van der Waals surface area contributed by atoms with Gasteiger partial charge < -0.3 is 10.1 Å². The molecule has 0 spiro atoms. The van der Waals surface area contributed by atoms with Crippen LogP contribution in [0.3, 0.4) is 0 Å². The quantitative estimate of drug-likeness (QED) is 0.743. The van der Waals surface area contributed by atoms with Crippen molar-refractivity contribution in [1.82, 2.24) is 9.55 Å². The molecule has 2 aromatic carbocycles. The van der Waals surface area contributed by atoms with Gasteiger partial charge in [0.15, 0.2) is 0 Å². The molecule has 26 heavy (non-hydrogen) atoms. The third-order valence-corrected chi connectivity index (χ3v) is 3.79. The number of carbonyl (C=O) groups excluding carboxylic acids is 1. The number of anilines is 1. The molecule has 0 aliphatic carbocycles. The number of carbonyl (C=O) groups is 1. The van der Waals surface area contributed by atoms with Crippen LogP contribution < -0.4 is 15.7 Å². The largest absolute Gasteiger partial charge is 0.492 e. The molecular formula is C20H19N3O3. The van der Waals surface area contributed by atoms with E-state index in [-0.39, 0.29) is 11.7 Å². The summed E-state index contributed by atoms with van der Waals surface area (Å²) in [6, 6.07) is 18.2. The first kappa shape index (κ1) is 17.4. The van der Waals surface area contributed by atoms with Gasteiger partial charge in [-0.2, -0.15) is 4.98 Å². The minimum Gasteiger partial charge on any atom is -0.492 e. The molecule has 1 N–H and O–H groups in total.